The van der Waals surface area contributed by atoms with E-state index in [1.165, 1.54) is 0 Å². The lowest BCUT2D eigenvalue weighted by atomic mass is 10.0. The molecule has 0 aliphatic heterocycles. The van der Waals surface area contributed by atoms with Crippen molar-refractivity contribution in [2.45, 2.75) is 25.5 Å². The van der Waals surface area contributed by atoms with E-state index < -0.39 is 0 Å². The number of hydrogen-bond acceptors (Lipinski definition) is 3. The van der Waals surface area contributed by atoms with E-state index in [-0.39, 0.29) is 12.1 Å². The molecule has 0 spiro atoms. The van der Waals surface area contributed by atoms with Crippen LogP contribution >= 0.6 is 15.9 Å². The average molecular weight is 335 g/mol. The molecule has 1 heterocycles. The van der Waals surface area contributed by atoms with Crippen molar-refractivity contribution >= 4 is 15.9 Å². The Hall–Kier alpha value is -1.23. The monoisotopic (exact) mass is 334 g/mol. The summed E-state index contributed by atoms with van der Waals surface area (Å²) in [5.41, 5.74) is 8.17. The summed E-state index contributed by atoms with van der Waals surface area (Å²) in [4.78, 5) is 4.29. The Balaban J connectivity index is 1.96. The second kappa shape index (κ2) is 7.53. The highest BCUT2D eigenvalue weighted by Crippen LogP contribution is 2.23. The van der Waals surface area contributed by atoms with Crippen LogP contribution in [0.2, 0.25) is 0 Å². The summed E-state index contributed by atoms with van der Waals surface area (Å²) < 4.78 is 7.00. The third-order valence-corrected chi connectivity index (χ3v) is 3.53. The molecule has 4 heteroatoms. The predicted octanol–water partition coefficient (Wildman–Crippen LogP) is 3.49. The Kier molecular flexibility index (Phi) is 5.71. The molecule has 2 rings (SSSR count). The Labute approximate surface area is 128 Å². The SMILES string of the molecule is CC(N)C(OCCc1ccccn1)c1cccc(Br)c1. The van der Waals surface area contributed by atoms with Crippen molar-refractivity contribution in [1.82, 2.24) is 4.98 Å². The second-order valence-electron chi connectivity index (χ2n) is 4.78. The molecule has 0 fully saturated rings. The van der Waals surface area contributed by atoms with Gasteiger partial charge in [-0.05, 0) is 36.8 Å². The highest BCUT2D eigenvalue weighted by molar-refractivity contribution is 9.10. The maximum atomic E-state index is 6.04. The summed E-state index contributed by atoms with van der Waals surface area (Å²) in [6.07, 6.45) is 2.49. The summed E-state index contributed by atoms with van der Waals surface area (Å²) in [5, 5.41) is 0. The van der Waals surface area contributed by atoms with Crippen molar-refractivity contribution in [2.24, 2.45) is 5.73 Å². The van der Waals surface area contributed by atoms with Crippen molar-refractivity contribution < 1.29 is 4.74 Å². The van der Waals surface area contributed by atoms with Crippen LogP contribution in [-0.4, -0.2) is 17.6 Å². The minimum absolute atomic E-state index is 0.0620. The topological polar surface area (TPSA) is 48.1 Å². The normalized spacial score (nSPS) is 13.9. The zero-order valence-electron chi connectivity index (χ0n) is 11.5. The molecule has 2 unspecified atom stereocenters. The molecule has 1 aromatic heterocycles. The van der Waals surface area contributed by atoms with Crippen LogP contribution < -0.4 is 5.73 Å². The molecule has 0 saturated heterocycles. The van der Waals surface area contributed by atoms with Crippen LogP contribution in [0.15, 0.2) is 53.1 Å². The first-order valence-corrected chi connectivity index (χ1v) is 7.48. The highest BCUT2D eigenvalue weighted by atomic mass is 79.9. The highest BCUT2D eigenvalue weighted by Gasteiger charge is 2.17. The standard InChI is InChI=1S/C16H19BrN2O/c1-12(18)16(13-5-4-6-14(17)11-13)20-10-8-15-7-2-3-9-19-15/h2-7,9,11-12,16H,8,10,18H2,1H3. The smallest absolute Gasteiger partial charge is 0.0973 e. The van der Waals surface area contributed by atoms with Crippen molar-refractivity contribution in [3.05, 3.63) is 64.4 Å². The second-order valence-corrected chi connectivity index (χ2v) is 5.69. The number of rotatable bonds is 6. The van der Waals surface area contributed by atoms with Crippen LogP contribution in [0.1, 0.15) is 24.3 Å². The van der Waals surface area contributed by atoms with Crippen molar-refractivity contribution in [2.75, 3.05) is 6.61 Å². The van der Waals surface area contributed by atoms with E-state index in [1.807, 2.05) is 43.3 Å². The molecule has 2 aromatic rings. The Morgan fingerprint density at radius 1 is 1.25 bits per heavy atom. The van der Waals surface area contributed by atoms with Gasteiger partial charge in [-0.1, -0.05) is 34.1 Å². The lowest BCUT2D eigenvalue weighted by molar-refractivity contribution is 0.0399. The Morgan fingerprint density at radius 2 is 2.10 bits per heavy atom. The van der Waals surface area contributed by atoms with E-state index in [1.54, 1.807) is 6.20 Å². The summed E-state index contributed by atoms with van der Waals surface area (Å²) in [5.74, 6) is 0. The van der Waals surface area contributed by atoms with Gasteiger partial charge in [0.15, 0.2) is 0 Å². The van der Waals surface area contributed by atoms with Crippen molar-refractivity contribution in [1.29, 1.82) is 0 Å². The number of nitrogens with zero attached hydrogens (tertiary/aromatic N) is 1. The van der Waals surface area contributed by atoms with Gasteiger partial charge in [0, 0.05) is 28.8 Å². The Morgan fingerprint density at radius 3 is 2.75 bits per heavy atom. The van der Waals surface area contributed by atoms with Crippen LogP contribution in [0.25, 0.3) is 0 Å². The van der Waals surface area contributed by atoms with Gasteiger partial charge in [-0.15, -0.1) is 0 Å². The first-order chi connectivity index (χ1) is 9.66. The molecular weight excluding hydrogens is 316 g/mol. The lowest BCUT2D eigenvalue weighted by Gasteiger charge is -2.22. The van der Waals surface area contributed by atoms with E-state index in [0.717, 1.165) is 22.2 Å². The maximum Gasteiger partial charge on any atom is 0.0973 e. The molecule has 106 valence electrons. The molecule has 0 aliphatic rings. The largest absolute Gasteiger partial charge is 0.372 e. The van der Waals surface area contributed by atoms with Gasteiger partial charge < -0.3 is 10.5 Å². The fourth-order valence-electron chi connectivity index (χ4n) is 2.07. The van der Waals surface area contributed by atoms with E-state index in [4.69, 9.17) is 10.5 Å². The van der Waals surface area contributed by atoms with Gasteiger partial charge in [0.1, 0.15) is 0 Å². The van der Waals surface area contributed by atoms with Gasteiger partial charge >= 0.3 is 0 Å². The molecule has 0 radical (unpaired) electrons. The molecule has 2 N–H and O–H groups in total. The van der Waals surface area contributed by atoms with E-state index in [9.17, 15) is 0 Å². The number of nitrogens with two attached hydrogens (primary N) is 1. The number of pyridine rings is 1. The van der Waals surface area contributed by atoms with Gasteiger partial charge in [0.05, 0.1) is 12.7 Å². The minimum atomic E-state index is -0.101. The van der Waals surface area contributed by atoms with Crippen LogP contribution in [0, 0.1) is 0 Å². The molecule has 2 atom stereocenters. The number of halogens is 1. The lowest BCUT2D eigenvalue weighted by Crippen LogP contribution is -2.27. The van der Waals surface area contributed by atoms with Gasteiger partial charge in [-0.3, -0.25) is 4.98 Å². The van der Waals surface area contributed by atoms with Crippen LogP contribution in [0.5, 0.6) is 0 Å². The van der Waals surface area contributed by atoms with Gasteiger partial charge in [0.25, 0.3) is 0 Å². The molecule has 3 nitrogen and oxygen atoms in total. The zero-order chi connectivity index (χ0) is 14.4. The van der Waals surface area contributed by atoms with Crippen molar-refractivity contribution in [3.63, 3.8) is 0 Å². The molecule has 0 saturated carbocycles. The van der Waals surface area contributed by atoms with E-state index in [2.05, 4.69) is 27.0 Å². The zero-order valence-corrected chi connectivity index (χ0v) is 13.1. The quantitative estimate of drug-likeness (QED) is 0.879. The fraction of sp³-hybridized carbons (Fsp3) is 0.312. The summed E-state index contributed by atoms with van der Waals surface area (Å²) in [6, 6.07) is 13.9. The summed E-state index contributed by atoms with van der Waals surface area (Å²) in [6.45, 7) is 2.57. The van der Waals surface area contributed by atoms with Gasteiger partial charge in [-0.25, -0.2) is 0 Å². The van der Waals surface area contributed by atoms with Crippen LogP contribution in [0.3, 0.4) is 0 Å². The Bertz CT molecular complexity index is 531. The molecule has 0 amide bonds. The first kappa shape index (κ1) is 15.2. The number of benzene rings is 1. The maximum absolute atomic E-state index is 6.04. The molecular formula is C16H19BrN2O. The average Bonchev–Trinajstić information content (AvgIpc) is 2.44. The summed E-state index contributed by atoms with van der Waals surface area (Å²) >= 11 is 3.48. The first-order valence-electron chi connectivity index (χ1n) is 6.69. The summed E-state index contributed by atoms with van der Waals surface area (Å²) in [7, 11) is 0. The van der Waals surface area contributed by atoms with Crippen LogP contribution in [-0.2, 0) is 11.2 Å². The molecule has 0 bridgehead atoms. The minimum Gasteiger partial charge on any atom is -0.372 e. The molecule has 1 aromatic carbocycles. The van der Waals surface area contributed by atoms with E-state index >= 15 is 0 Å². The van der Waals surface area contributed by atoms with Crippen molar-refractivity contribution in [3.8, 4) is 0 Å². The molecule has 20 heavy (non-hydrogen) atoms. The third kappa shape index (κ3) is 4.40. The van der Waals surface area contributed by atoms with Gasteiger partial charge in [0.2, 0.25) is 0 Å². The predicted molar refractivity (Wildman–Crippen MR) is 84.4 cm³/mol. The third-order valence-electron chi connectivity index (χ3n) is 3.04. The van der Waals surface area contributed by atoms with E-state index in [0.29, 0.717) is 6.61 Å². The fourth-order valence-corrected chi connectivity index (χ4v) is 2.49. The molecule has 0 aliphatic carbocycles. The number of ether oxygens (including phenoxy) is 1. The number of hydrogen-bond donors (Lipinski definition) is 1. The van der Waals surface area contributed by atoms with Gasteiger partial charge in [-0.2, -0.15) is 0 Å². The van der Waals surface area contributed by atoms with Crippen LogP contribution in [0.4, 0.5) is 0 Å². The number of aromatic nitrogens is 1.